The van der Waals surface area contributed by atoms with E-state index in [-0.39, 0.29) is 0 Å². The van der Waals surface area contributed by atoms with Gasteiger partial charge in [-0.1, -0.05) is 12.1 Å². The van der Waals surface area contributed by atoms with Gasteiger partial charge in [-0.25, -0.2) is 0 Å². The molecule has 0 saturated carbocycles. The molecule has 4 nitrogen and oxygen atoms in total. The van der Waals surface area contributed by atoms with E-state index in [4.69, 9.17) is 14.2 Å². The Bertz CT molecular complexity index is 628. The van der Waals surface area contributed by atoms with Gasteiger partial charge in [0.2, 0.25) is 0 Å². The van der Waals surface area contributed by atoms with E-state index in [1.807, 2.05) is 36.4 Å². The first kappa shape index (κ1) is 14.1. The van der Waals surface area contributed by atoms with Gasteiger partial charge >= 0.3 is 0 Å². The molecule has 0 bridgehead atoms. The molecule has 2 aromatic carbocycles. The Kier molecular flexibility index (Phi) is 4.20. The van der Waals surface area contributed by atoms with Crippen molar-refractivity contribution in [2.45, 2.75) is 6.54 Å². The van der Waals surface area contributed by atoms with Gasteiger partial charge in [0.15, 0.2) is 11.5 Å². The lowest BCUT2D eigenvalue weighted by molar-refractivity contribution is 0.171. The summed E-state index contributed by atoms with van der Waals surface area (Å²) in [5.41, 5.74) is 2.16. The van der Waals surface area contributed by atoms with Gasteiger partial charge in [0.25, 0.3) is 0 Å². The van der Waals surface area contributed by atoms with Gasteiger partial charge in [0.1, 0.15) is 19.0 Å². The number of halogens is 1. The largest absolute Gasteiger partial charge is 0.497 e. The molecule has 0 fully saturated rings. The van der Waals surface area contributed by atoms with E-state index >= 15 is 0 Å². The van der Waals surface area contributed by atoms with Crippen LogP contribution >= 0.6 is 15.9 Å². The molecule has 0 unspecified atom stereocenters. The average molecular weight is 350 g/mol. The third kappa shape index (κ3) is 3.24. The molecule has 2 aromatic rings. The van der Waals surface area contributed by atoms with E-state index < -0.39 is 0 Å². The molecular formula is C16H16BrNO3. The van der Waals surface area contributed by atoms with Crippen molar-refractivity contribution < 1.29 is 14.2 Å². The third-order valence-corrected chi connectivity index (χ3v) is 3.93. The first-order valence-corrected chi connectivity index (χ1v) is 7.51. The molecule has 1 aliphatic heterocycles. The number of hydrogen-bond donors (Lipinski definition) is 1. The normalized spacial score (nSPS) is 12.9. The average Bonchev–Trinajstić information content (AvgIpc) is 2.53. The summed E-state index contributed by atoms with van der Waals surface area (Å²) < 4.78 is 17.3. The van der Waals surface area contributed by atoms with Gasteiger partial charge in [-0.15, -0.1) is 0 Å². The molecule has 5 heteroatoms. The Hall–Kier alpha value is -1.88. The number of methoxy groups -OCH3 is 1. The van der Waals surface area contributed by atoms with Crippen LogP contribution in [0.25, 0.3) is 0 Å². The summed E-state index contributed by atoms with van der Waals surface area (Å²) in [4.78, 5) is 0. The van der Waals surface area contributed by atoms with Crippen LogP contribution in [0.4, 0.5) is 5.69 Å². The lowest BCUT2D eigenvalue weighted by atomic mass is 10.2. The molecular weight excluding hydrogens is 334 g/mol. The standard InChI is InChI=1S/C16H16BrNO3/c1-19-12-4-2-11(3-5-12)10-18-14-9-16-15(8-13(14)17)20-6-7-21-16/h2-5,8-9,18H,6-7,10H2,1H3. The summed E-state index contributed by atoms with van der Waals surface area (Å²) in [6.45, 7) is 1.91. The molecule has 0 aliphatic carbocycles. The number of nitrogens with one attached hydrogen (secondary N) is 1. The number of anilines is 1. The summed E-state index contributed by atoms with van der Waals surface area (Å²) in [7, 11) is 1.67. The van der Waals surface area contributed by atoms with Crippen LogP contribution in [0, 0.1) is 0 Å². The summed E-state index contributed by atoms with van der Waals surface area (Å²) >= 11 is 3.55. The van der Waals surface area contributed by atoms with Crippen LogP contribution < -0.4 is 19.5 Å². The molecule has 0 spiro atoms. The van der Waals surface area contributed by atoms with Crippen molar-refractivity contribution in [3.63, 3.8) is 0 Å². The molecule has 0 radical (unpaired) electrons. The minimum atomic E-state index is 0.590. The summed E-state index contributed by atoms with van der Waals surface area (Å²) in [5, 5.41) is 3.39. The van der Waals surface area contributed by atoms with Crippen LogP contribution in [0.1, 0.15) is 5.56 Å². The van der Waals surface area contributed by atoms with Crippen LogP contribution in [-0.4, -0.2) is 20.3 Å². The number of hydrogen-bond acceptors (Lipinski definition) is 4. The van der Waals surface area contributed by atoms with Crippen LogP contribution in [0.3, 0.4) is 0 Å². The Labute approximate surface area is 132 Å². The SMILES string of the molecule is COc1ccc(CNc2cc3c(cc2Br)OCCO3)cc1. The fraction of sp³-hybridized carbons (Fsp3) is 0.250. The number of ether oxygens (including phenoxy) is 3. The van der Waals surface area contributed by atoms with Crippen LogP contribution in [-0.2, 0) is 6.54 Å². The summed E-state index contributed by atoms with van der Waals surface area (Å²) in [6, 6.07) is 11.9. The van der Waals surface area contributed by atoms with Crippen molar-refractivity contribution in [2.75, 3.05) is 25.6 Å². The topological polar surface area (TPSA) is 39.7 Å². The molecule has 0 amide bonds. The van der Waals surface area contributed by atoms with Crippen LogP contribution in [0.5, 0.6) is 17.2 Å². The van der Waals surface area contributed by atoms with Crippen molar-refractivity contribution in [3.05, 3.63) is 46.4 Å². The third-order valence-electron chi connectivity index (χ3n) is 3.27. The maximum absolute atomic E-state index is 5.60. The second kappa shape index (κ2) is 6.26. The van der Waals surface area contributed by atoms with Gasteiger partial charge < -0.3 is 19.5 Å². The van der Waals surface area contributed by atoms with Crippen molar-refractivity contribution in [3.8, 4) is 17.2 Å². The maximum atomic E-state index is 5.60. The summed E-state index contributed by atoms with van der Waals surface area (Å²) in [5.74, 6) is 2.42. The lowest BCUT2D eigenvalue weighted by Gasteiger charge is -2.20. The van der Waals surface area contributed by atoms with Crippen LogP contribution in [0.15, 0.2) is 40.9 Å². The highest BCUT2D eigenvalue weighted by molar-refractivity contribution is 9.10. The molecule has 21 heavy (non-hydrogen) atoms. The Morgan fingerprint density at radius 1 is 1.10 bits per heavy atom. The first-order valence-electron chi connectivity index (χ1n) is 6.72. The Balaban J connectivity index is 1.72. The Morgan fingerprint density at radius 2 is 1.76 bits per heavy atom. The highest BCUT2D eigenvalue weighted by Crippen LogP contribution is 2.38. The monoisotopic (exact) mass is 349 g/mol. The fourth-order valence-electron chi connectivity index (χ4n) is 2.14. The zero-order valence-corrected chi connectivity index (χ0v) is 13.3. The van der Waals surface area contributed by atoms with Gasteiger partial charge in [-0.3, -0.25) is 0 Å². The minimum absolute atomic E-state index is 0.590. The number of fused-ring (bicyclic) bond motifs is 1. The molecule has 0 atom stereocenters. The van der Waals surface area contributed by atoms with E-state index in [1.54, 1.807) is 7.11 Å². The van der Waals surface area contributed by atoms with Gasteiger partial charge in [0.05, 0.1) is 12.8 Å². The molecule has 0 saturated heterocycles. The second-order valence-corrected chi connectivity index (χ2v) is 5.53. The van der Waals surface area contributed by atoms with E-state index in [2.05, 4.69) is 21.2 Å². The predicted octanol–water partition coefficient (Wildman–Crippen LogP) is 3.84. The van der Waals surface area contributed by atoms with Crippen molar-refractivity contribution in [2.24, 2.45) is 0 Å². The van der Waals surface area contributed by atoms with Crippen LogP contribution in [0.2, 0.25) is 0 Å². The number of benzene rings is 2. The quantitative estimate of drug-likeness (QED) is 0.910. The first-order chi connectivity index (χ1) is 10.3. The fourth-order valence-corrected chi connectivity index (χ4v) is 2.60. The lowest BCUT2D eigenvalue weighted by Crippen LogP contribution is -2.15. The van der Waals surface area contributed by atoms with E-state index in [0.717, 1.165) is 34.0 Å². The molecule has 0 aromatic heterocycles. The maximum Gasteiger partial charge on any atom is 0.163 e. The molecule has 3 rings (SSSR count). The van der Waals surface area contributed by atoms with E-state index in [1.165, 1.54) is 5.56 Å². The van der Waals surface area contributed by atoms with Gasteiger partial charge in [-0.05, 0) is 33.6 Å². The number of rotatable bonds is 4. The van der Waals surface area contributed by atoms with E-state index in [0.29, 0.717) is 13.2 Å². The summed E-state index contributed by atoms with van der Waals surface area (Å²) in [6.07, 6.45) is 0. The van der Waals surface area contributed by atoms with E-state index in [9.17, 15) is 0 Å². The molecule has 1 N–H and O–H groups in total. The van der Waals surface area contributed by atoms with Crippen molar-refractivity contribution in [1.82, 2.24) is 0 Å². The molecule has 1 aliphatic rings. The highest BCUT2D eigenvalue weighted by Gasteiger charge is 2.14. The smallest absolute Gasteiger partial charge is 0.163 e. The zero-order valence-electron chi connectivity index (χ0n) is 11.7. The van der Waals surface area contributed by atoms with Crippen molar-refractivity contribution in [1.29, 1.82) is 0 Å². The highest BCUT2D eigenvalue weighted by atomic mass is 79.9. The molecule has 1 heterocycles. The molecule has 110 valence electrons. The Morgan fingerprint density at radius 3 is 2.43 bits per heavy atom. The zero-order chi connectivity index (χ0) is 14.7. The van der Waals surface area contributed by atoms with Crippen molar-refractivity contribution >= 4 is 21.6 Å². The predicted molar refractivity (Wildman–Crippen MR) is 85.5 cm³/mol. The second-order valence-electron chi connectivity index (χ2n) is 4.68. The van der Waals surface area contributed by atoms with Gasteiger partial charge in [-0.2, -0.15) is 0 Å². The van der Waals surface area contributed by atoms with Gasteiger partial charge in [0, 0.05) is 23.2 Å². The minimum Gasteiger partial charge on any atom is -0.497 e.